The molecule has 4 rings (SSSR count). The van der Waals surface area contributed by atoms with Crippen LogP contribution in [-0.2, 0) is 14.3 Å². The number of fused-ring (bicyclic) bond motifs is 2. The second-order valence-corrected chi connectivity index (χ2v) is 7.38. The van der Waals surface area contributed by atoms with Crippen molar-refractivity contribution in [3.05, 3.63) is 64.2 Å². The van der Waals surface area contributed by atoms with Crippen molar-refractivity contribution in [2.75, 3.05) is 13.7 Å². The molecule has 0 fully saturated rings. The molecule has 0 amide bonds. The van der Waals surface area contributed by atoms with Crippen molar-refractivity contribution in [2.45, 2.75) is 26.9 Å². The Labute approximate surface area is 188 Å². The maximum absolute atomic E-state index is 13.3. The maximum atomic E-state index is 13.3. The number of rotatable bonds is 6. The highest BCUT2D eigenvalue weighted by molar-refractivity contribution is 6.04. The smallest absolute Gasteiger partial charge is 0.346 e. The molecule has 170 valence electrons. The van der Waals surface area contributed by atoms with Gasteiger partial charge in [-0.1, -0.05) is 6.07 Å². The van der Waals surface area contributed by atoms with Crippen LogP contribution < -0.4 is 10.2 Å². The summed E-state index contributed by atoms with van der Waals surface area (Å²) in [5.74, 6) is -0.200. The molecule has 2 aromatic carbocycles. The van der Waals surface area contributed by atoms with E-state index in [1.54, 1.807) is 57.2 Å². The molecule has 33 heavy (non-hydrogen) atoms. The molecular formula is C25H22O8. The zero-order chi connectivity index (χ0) is 23.7. The van der Waals surface area contributed by atoms with E-state index in [1.807, 2.05) is 0 Å². The molecule has 0 aliphatic carbocycles. The Kier molecular flexibility index (Phi) is 5.91. The number of benzene rings is 2. The Morgan fingerprint density at radius 1 is 1.06 bits per heavy atom. The van der Waals surface area contributed by atoms with E-state index in [1.165, 1.54) is 13.4 Å². The molecule has 1 atom stereocenters. The fourth-order valence-corrected chi connectivity index (χ4v) is 3.66. The van der Waals surface area contributed by atoms with Crippen molar-refractivity contribution >= 4 is 33.9 Å². The number of carbonyl (C=O) groups excluding carboxylic acids is 2. The average molecular weight is 450 g/mol. The Morgan fingerprint density at radius 2 is 1.82 bits per heavy atom. The van der Waals surface area contributed by atoms with E-state index in [-0.39, 0.29) is 12.0 Å². The molecule has 8 nitrogen and oxygen atoms in total. The Balaban J connectivity index is 1.74. The van der Waals surface area contributed by atoms with Gasteiger partial charge >= 0.3 is 11.9 Å². The highest BCUT2D eigenvalue weighted by atomic mass is 16.6. The van der Waals surface area contributed by atoms with E-state index in [0.717, 1.165) is 0 Å². The van der Waals surface area contributed by atoms with Gasteiger partial charge in [-0.2, -0.15) is 0 Å². The lowest BCUT2D eigenvalue weighted by atomic mass is 10.0. The third-order valence-electron chi connectivity index (χ3n) is 5.25. The largest absolute Gasteiger partial charge is 0.479 e. The average Bonchev–Trinajstić information content (AvgIpc) is 3.22. The zero-order valence-electron chi connectivity index (χ0n) is 18.6. The van der Waals surface area contributed by atoms with Crippen LogP contribution in [0.3, 0.4) is 0 Å². The van der Waals surface area contributed by atoms with Gasteiger partial charge in [0.15, 0.2) is 6.10 Å². The predicted octanol–water partition coefficient (Wildman–Crippen LogP) is 4.63. The van der Waals surface area contributed by atoms with Gasteiger partial charge in [0.05, 0.1) is 24.7 Å². The highest BCUT2D eigenvalue weighted by Crippen LogP contribution is 2.30. The molecule has 0 radical (unpaired) electrons. The van der Waals surface area contributed by atoms with E-state index >= 15 is 0 Å². The first kappa shape index (κ1) is 22.1. The van der Waals surface area contributed by atoms with Gasteiger partial charge in [0.1, 0.15) is 34.5 Å². The molecule has 0 aliphatic rings. The van der Waals surface area contributed by atoms with Gasteiger partial charge < -0.3 is 23.0 Å². The third kappa shape index (κ3) is 4.07. The molecule has 2 heterocycles. The minimum atomic E-state index is -0.806. The van der Waals surface area contributed by atoms with Gasteiger partial charge in [-0.05, 0) is 50.6 Å². The number of methoxy groups -OCH3 is 1. The van der Waals surface area contributed by atoms with E-state index in [9.17, 15) is 14.4 Å². The molecular weight excluding hydrogens is 428 g/mol. The lowest BCUT2D eigenvalue weighted by Gasteiger charge is -2.13. The summed E-state index contributed by atoms with van der Waals surface area (Å²) < 4.78 is 26.7. The fourth-order valence-electron chi connectivity index (χ4n) is 3.66. The number of hydrogen-bond donors (Lipinski definition) is 0. The molecule has 0 saturated carbocycles. The van der Waals surface area contributed by atoms with Gasteiger partial charge in [0.25, 0.3) is 0 Å². The standard InChI is InChI=1S/C25H22O8/c1-5-30-25(28)19-12-31-20-10-15(6-8-17(19)20)22-13(2)33-21-11-16(7-9-18(21)23(22)26)32-14(3)24(27)29-4/h6-12,14H,5H2,1-4H3/t14-/m0/s1. The third-order valence-corrected chi connectivity index (χ3v) is 5.25. The number of aryl methyl sites for hydroxylation is 1. The SMILES string of the molecule is CCOC(=O)c1coc2cc(-c3c(C)oc4cc(O[C@@H](C)C(=O)OC)ccc4c3=O)ccc12. The molecule has 0 saturated heterocycles. The quantitative estimate of drug-likeness (QED) is 0.392. The Morgan fingerprint density at radius 3 is 2.55 bits per heavy atom. The highest BCUT2D eigenvalue weighted by Gasteiger charge is 2.20. The van der Waals surface area contributed by atoms with Crippen LogP contribution in [0.1, 0.15) is 30.0 Å². The second kappa shape index (κ2) is 8.82. The van der Waals surface area contributed by atoms with E-state index < -0.39 is 18.0 Å². The van der Waals surface area contributed by atoms with Gasteiger partial charge in [0.2, 0.25) is 5.43 Å². The van der Waals surface area contributed by atoms with Crippen LogP contribution in [0.15, 0.2) is 56.3 Å². The lowest BCUT2D eigenvalue weighted by Crippen LogP contribution is -2.24. The summed E-state index contributed by atoms with van der Waals surface area (Å²) in [5, 5.41) is 0.960. The van der Waals surface area contributed by atoms with E-state index in [4.69, 9.17) is 18.3 Å². The van der Waals surface area contributed by atoms with Gasteiger partial charge in [-0.3, -0.25) is 4.79 Å². The summed E-state index contributed by atoms with van der Waals surface area (Å²) >= 11 is 0. The first-order valence-corrected chi connectivity index (χ1v) is 10.3. The minimum absolute atomic E-state index is 0.224. The van der Waals surface area contributed by atoms with Crippen LogP contribution in [0.5, 0.6) is 5.75 Å². The number of carbonyl (C=O) groups is 2. The van der Waals surface area contributed by atoms with Crippen molar-refractivity contribution in [1.29, 1.82) is 0 Å². The maximum Gasteiger partial charge on any atom is 0.346 e. The summed E-state index contributed by atoms with van der Waals surface area (Å²) in [4.78, 5) is 37.0. The molecule has 0 spiro atoms. The van der Waals surface area contributed by atoms with Gasteiger partial charge in [0, 0.05) is 11.5 Å². The van der Waals surface area contributed by atoms with Crippen molar-refractivity contribution in [2.24, 2.45) is 0 Å². The summed E-state index contributed by atoms with van der Waals surface area (Å²) in [5.41, 5.74) is 1.87. The van der Waals surface area contributed by atoms with Crippen LogP contribution in [0.2, 0.25) is 0 Å². The lowest BCUT2D eigenvalue weighted by molar-refractivity contribution is -0.147. The normalized spacial score (nSPS) is 12.0. The Bertz CT molecular complexity index is 1430. The first-order valence-electron chi connectivity index (χ1n) is 10.3. The van der Waals surface area contributed by atoms with Crippen molar-refractivity contribution in [3.8, 4) is 16.9 Å². The second-order valence-electron chi connectivity index (χ2n) is 7.38. The van der Waals surface area contributed by atoms with Crippen molar-refractivity contribution in [1.82, 2.24) is 0 Å². The topological polar surface area (TPSA) is 105 Å². The monoisotopic (exact) mass is 450 g/mol. The van der Waals surface area contributed by atoms with E-state index in [0.29, 0.717) is 50.1 Å². The minimum Gasteiger partial charge on any atom is -0.479 e. The van der Waals surface area contributed by atoms with Crippen LogP contribution in [0, 0.1) is 6.92 Å². The van der Waals surface area contributed by atoms with Gasteiger partial charge in [-0.15, -0.1) is 0 Å². The summed E-state index contributed by atoms with van der Waals surface area (Å²) in [6, 6.07) is 9.90. The zero-order valence-corrected chi connectivity index (χ0v) is 18.6. The van der Waals surface area contributed by atoms with E-state index in [2.05, 4.69) is 4.74 Å². The summed E-state index contributed by atoms with van der Waals surface area (Å²) in [6.07, 6.45) is 0.540. The molecule has 0 unspecified atom stereocenters. The van der Waals surface area contributed by atoms with Crippen LogP contribution >= 0.6 is 0 Å². The number of ether oxygens (including phenoxy) is 3. The number of esters is 2. The molecule has 8 heteroatoms. The van der Waals surface area contributed by atoms with Crippen molar-refractivity contribution < 1.29 is 32.6 Å². The molecule has 0 bridgehead atoms. The first-order chi connectivity index (χ1) is 15.8. The summed E-state index contributed by atoms with van der Waals surface area (Å²) in [6.45, 7) is 5.25. The molecule has 4 aromatic rings. The molecule has 0 aliphatic heterocycles. The van der Waals surface area contributed by atoms with Gasteiger partial charge in [-0.25, -0.2) is 9.59 Å². The predicted molar refractivity (Wildman–Crippen MR) is 120 cm³/mol. The Hall–Kier alpha value is -4.07. The van der Waals surface area contributed by atoms with Crippen LogP contribution in [0.4, 0.5) is 0 Å². The summed E-state index contributed by atoms with van der Waals surface area (Å²) in [7, 11) is 1.28. The number of hydrogen-bond acceptors (Lipinski definition) is 8. The van der Waals surface area contributed by atoms with Crippen LogP contribution in [0.25, 0.3) is 33.1 Å². The molecule has 2 aromatic heterocycles. The van der Waals surface area contributed by atoms with Crippen molar-refractivity contribution in [3.63, 3.8) is 0 Å². The van der Waals surface area contributed by atoms with Crippen LogP contribution in [-0.4, -0.2) is 31.8 Å². The fraction of sp³-hybridized carbons (Fsp3) is 0.240. The number of furan rings is 1. The molecule has 0 N–H and O–H groups in total.